The van der Waals surface area contributed by atoms with Crippen LogP contribution < -0.4 is 5.32 Å². The van der Waals surface area contributed by atoms with Gasteiger partial charge in [0.15, 0.2) is 0 Å². The first kappa shape index (κ1) is 22.6. The molecule has 0 spiro atoms. The highest BCUT2D eigenvalue weighted by molar-refractivity contribution is 8.00. The van der Waals surface area contributed by atoms with E-state index in [1.54, 1.807) is 18.2 Å². The van der Waals surface area contributed by atoms with E-state index in [0.29, 0.717) is 12.1 Å². The minimum atomic E-state index is -3.92. The number of aromatic nitrogens is 1. The average molecular weight is 473 g/mol. The van der Waals surface area contributed by atoms with Crippen LogP contribution in [0.25, 0.3) is 11.5 Å². The molecule has 1 atom stereocenters. The molecule has 1 fully saturated rings. The molecule has 1 aliphatic heterocycles. The van der Waals surface area contributed by atoms with Crippen LogP contribution in [-0.2, 0) is 19.4 Å². The van der Waals surface area contributed by atoms with Gasteiger partial charge in [0.2, 0.25) is 31.8 Å². The molecule has 168 valence electrons. The Hall–Kier alpha value is -2.62. The summed E-state index contributed by atoms with van der Waals surface area (Å²) in [6.07, 6.45) is 1.96. The number of nitrogens with one attached hydrogen (secondary N) is 1. The lowest BCUT2D eigenvalue weighted by atomic mass is 10.1. The number of benzene rings is 2. The van der Waals surface area contributed by atoms with Gasteiger partial charge in [-0.1, -0.05) is 47.7 Å². The summed E-state index contributed by atoms with van der Waals surface area (Å²) in [7, 11) is -3.92. The van der Waals surface area contributed by atoms with Crippen LogP contribution in [0.1, 0.15) is 18.4 Å². The number of hydrogen-bond acceptors (Lipinski definition) is 7. The van der Waals surface area contributed by atoms with Crippen LogP contribution in [0.5, 0.6) is 0 Å². The molecule has 0 radical (unpaired) electrons. The van der Waals surface area contributed by atoms with Crippen LogP contribution >= 0.6 is 11.8 Å². The van der Waals surface area contributed by atoms with E-state index in [1.807, 2.05) is 31.2 Å². The van der Waals surface area contributed by atoms with E-state index in [1.165, 1.54) is 12.1 Å². The molecule has 1 N–H and O–H groups in total. The molecule has 1 aromatic heterocycles. The van der Waals surface area contributed by atoms with E-state index in [4.69, 9.17) is 9.15 Å². The molecule has 2 aromatic carbocycles. The highest BCUT2D eigenvalue weighted by Gasteiger charge is 2.29. The molecule has 3 aromatic rings. The molecule has 0 unspecified atom stereocenters. The van der Waals surface area contributed by atoms with Crippen LogP contribution in [-0.4, -0.2) is 44.3 Å². The van der Waals surface area contributed by atoms with Crippen LogP contribution in [0.15, 0.2) is 74.0 Å². The van der Waals surface area contributed by atoms with Crippen molar-refractivity contribution in [2.24, 2.45) is 0 Å². The third kappa shape index (κ3) is 5.23. The lowest BCUT2D eigenvalue weighted by Gasteiger charge is -2.10. The number of nitrogens with zero attached hydrogens (tertiary/aromatic N) is 1. The van der Waals surface area contributed by atoms with Crippen molar-refractivity contribution in [3.63, 3.8) is 0 Å². The first-order valence-electron chi connectivity index (χ1n) is 10.3. The Kier molecular flexibility index (Phi) is 6.98. The second-order valence-corrected chi connectivity index (χ2v) is 10.3. The van der Waals surface area contributed by atoms with Gasteiger partial charge < -0.3 is 14.5 Å². The lowest BCUT2D eigenvalue weighted by Crippen LogP contribution is -2.32. The first-order chi connectivity index (χ1) is 15.4. The molecular formula is C23H24N2O5S2. The standard InChI is InChI=1S/C23H24N2O5S2/c1-16-9-11-17(12-10-16)21-25-22(32(27,28)19-7-3-2-4-8-19)23(30-21)31-15-20(26)24-14-18-6-5-13-29-18/h2-4,7-12,18H,5-6,13-15H2,1H3,(H,24,26)/t18-/m0/s1. The SMILES string of the molecule is Cc1ccc(-c2nc(S(=O)(=O)c3ccccc3)c(SCC(=O)NC[C@@H]3CCCO3)o2)cc1. The molecule has 1 aliphatic rings. The van der Waals surface area contributed by atoms with E-state index in [9.17, 15) is 13.2 Å². The van der Waals surface area contributed by atoms with Crippen molar-refractivity contribution in [1.29, 1.82) is 0 Å². The van der Waals surface area contributed by atoms with Crippen molar-refractivity contribution in [2.45, 2.75) is 40.9 Å². The van der Waals surface area contributed by atoms with E-state index in [2.05, 4.69) is 10.3 Å². The number of hydrogen-bond donors (Lipinski definition) is 1. The molecule has 2 heterocycles. The molecule has 4 rings (SSSR count). The maximum Gasteiger partial charge on any atom is 0.230 e. The Labute approximate surface area is 191 Å². The van der Waals surface area contributed by atoms with E-state index >= 15 is 0 Å². The van der Waals surface area contributed by atoms with E-state index in [0.717, 1.165) is 36.8 Å². The van der Waals surface area contributed by atoms with Gasteiger partial charge >= 0.3 is 0 Å². The number of carbonyl (C=O) groups excluding carboxylic acids is 1. The summed E-state index contributed by atoms with van der Waals surface area (Å²) in [5.74, 6) is -0.0179. The fourth-order valence-electron chi connectivity index (χ4n) is 3.30. The zero-order chi connectivity index (χ0) is 22.6. The molecule has 1 amide bonds. The molecule has 0 aliphatic carbocycles. The number of amides is 1. The van der Waals surface area contributed by atoms with Gasteiger partial charge in [0, 0.05) is 18.7 Å². The summed E-state index contributed by atoms with van der Waals surface area (Å²) in [4.78, 5) is 16.8. The Morgan fingerprint density at radius 1 is 1.16 bits per heavy atom. The minimum absolute atomic E-state index is 0.00651. The fraction of sp³-hybridized carbons (Fsp3) is 0.304. The second-order valence-electron chi connectivity index (χ2n) is 7.52. The predicted molar refractivity (Wildman–Crippen MR) is 121 cm³/mol. The normalized spacial score (nSPS) is 16.2. The maximum absolute atomic E-state index is 13.2. The van der Waals surface area contributed by atoms with Crippen molar-refractivity contribution in [2.75, 3.05) is 18.9 Å². The summed E-state index contributed by atoms with van der Waals surface area (Å²) in [5, 5.41) is 2.74. The van der Waals surface area contributed by atoms with Crippen molar-refractivity contribution in [3.8, 4) is 11.5 Å². The average Bonchev–Trinajstić information content (AvgIpc) is 3.48. The zero-order valence-corrected chi connectivity index (χ0v) is 19.2. The van der Waals surface area contributed by atoms with Gasteiger partial charge in [-0.3, -0.25) is 4.79 Å². The van der Waals surface area contributed by atoms with E-state index < -0.39 is 9.84 Å². The zero-order valence-electron chi connectivity index (χ0n) is 17.6. The summed E-state index contributed by atoms with van der Waals surface area (Å²) in [6, 6.07) is 15.5. The molecule has 0 bridgehead atoms. The highest BCUT2D eigenvalue weighted by Crippen LogP contribution is 2.34. The predicted octanol–water partition coefficient (Wildman–Crippen LogP) is 3.87. The van der Waals surface area contributed by atoms with Gasteiger partial charge in [0.05, 0.1) is 16.8 Å². The van der Waals surface area contributed by atoms with Gasteiger partial charge in [0.1, 0.15) is 0 Å². The third-order valence-electron chi connectivity index (χ3n) is 5.06. The number of ether oxygens (including phenoxy) is 1. The number of oxazole rings is 1. The Morgan fingerprint density at radius 3 is 2.59 bits per heavy atom. The topological polar surface area (TPSA) is 98.5 Å². The second kappa shape index (κ2) is 9.89. The number of thioether (sulfide) groups is 1. The van der Waals surface area contributed by atoms with Crippen molar-refractivity contribution in [3.05, 3.63) is 60.2 Å². The third-order valence-corrected chi connectivity index (χ3v) is 7.81. The summed E-state index contributed by atoms with van der Waals surface area (Å²) in [6.45, 7) is 3.12. The summed E-state index contributed by atoms with van der Waals surface area (Å²) < 4.78 is 37.8. The monoisotopic (exact) mass is 472 g/mol. The molecular weight excluding hydrogens is 448 g/mol. The summed E-state index contributed by atoms with van der Waals surface area (Å²) >= 11 is 1.02. The smallest absolute Gasteiger partial charge is 0.230 e. The van der Waals surface area contributed by atoms with Gasteiger partial charge in [-0.15, -0.1) is 0 Å². The van der Waals surface area contributed by atoms with Crippen LogP contribution in [0.4, 0.5) is 0 Å². The quantitative estimate of drug-likeness (QED) is 0.497. The summed E-state index contributed by atoms with van der Waals surface area (Å²) in [5.41, 5.74) is 1.73. The van der Waals surface area contributed by atoms with Crippen LogP contribution in [0.2, 0.25) is 0 Å². The van der Waals surface area contributed by atoms with E-state index in [-0.39, 0.29) is 38.7 Å². The molecule has 7 nitrogen and oxygen atoms in total. The highest BCUT2D eigenvalue weighted by atomic mass is 32.2. The number of sulfone groups is 1. The molecule has 0 saturated carbocycles. The minimum Gasteiger partial charge on any atom is -0.428 e. The number of carbonyl (C=O) groups is 1. The Morgan fingerprint density at radius 2 is 1.91 bits per heavy atom. The molecule has 32 heavy (non-hydrogen) atoms. The van der Waals surface area contributed by atoms with Crippen LogP contribution in [0, 0.1) is 6.92 Å². The number of rotatable bonds is 8. The van der Waals surface area contributed by atoms with Crippen molar-refractivity contribution < 1.29 is 22.4 Å². The maximum atomic E-state index is 13.2. The van der Waals surface area contributed by atoms with Gasteiger partial charge in [-0.05, 0) is 44.0 Å². The van der Waals surface area contributed by atoms with Crippen LogP contribution in [0.3, 0.4) is 0 Å². The molecule has 1 saturated heterocycles. The first-order valence-corrected chi connectivity index (χ1v) is 12.8. The van der Waals surface area contributed by atoms with Gasteiger partial charge in [0.25, 0.3) is 0 Å². The Balaban J connectivity index is 1.57. The van der Waals surface area contributed by atoms with Gasteiger partial charge in [-0.25, -0.2) is 8.42 Å². The fourth-order valence-corrected chi connectivity index (χ4v) is 5.68. The molecule has 9 heteroatoms. The van der Waals surface area contributed by atoms with Gasteiger partial charge in [-0.2, -0.15) is 4.98 Å². The lowest BCUT2D eigenvalue weighted by molar-refractivity contribution is -0.119. The van der Waals surface area contributed by atoms with Crippen molar-refractivity contribution in [1.82, 2.24) is 10.3 Å². The Bertz CT molecular complexity index is 1170. The number of aryl methyl sites for hydroxylation is 1. The van der Waals surface area contributed by atoms with Crippen molar-refractivity contribution >= 4 is 27.5 Å². The largest absolute Gasteiger partial charge is 0.428 e.